The molecule has 0 aliphatic carbocycles. The molecule has 2 heterocycles. The Kier molecular flexibility index (Phi) is 3.20. The second kappa shape index (κ2) is 4.63. The molecule has 0 aromatic carbocycles. The molecule has 2 aromatic rings. The molecule has 2 rings (SSSR count). The van der Waals surface area contributed by atoms with Crippen LogP contribution in [0.4, 0.5) is 0 Å². The van der Waals surface area contributed by atoms with E-state index in [1.165, 1.54) is 6.20 Å². The summed E-state index contributed by atoms with van der Waals surface area (Å²) < 4.78 is 30.4. The molecule has 0 amide bonds. The number of aryl methyl sites for hydroxylation is 1. The summed E-state index contributed by atoms with van der Waals surface area (Å²) in [6.45, 7) is 1.85. The highest BCUT2D eigenvalue weighted by atomic mass is 32.2. The first kappa shape index (κ1) is 11.7. The van der Waals surface area contributed by atoms with E-state index < -0.39 is 10.0 Å². The van der Waals surface area contributed by atoms with E-state index in [0.29, 0.717) is 12.2 Å². The highest BCUT2D eigenvalue weighted by molar-refractivity contribution is 7.89. The second-order valence-corrected chi connectivity index (χ2v) is 4.96. The third-order valence-corrected chi connectivity index (χ3v) is 3.37. The average Bonchev–Trinajstić information content (AvgIpc) is 2.98. The predicted octanol–water partition coefficient (Wildman–Crippen LogP) is -0.166. The van der Waals surface area contributed by atoms with Crippen LogP contribution in [0.15, 0.2) is 22.1 Å². The lowest BCUT2D eigenvalue weighted by Crippen LogP contribution is -2.24. The standard InChI is InChI=1S/C8H11N5O3S/c1-2-6-9-4-8(12-6)17(14,15)11-3-7-10-5-16-13-7/h4-5,11H,2-3H2,1H3,(H,9,12). The van der Waals surface area contributed by atoms with Crippen LogP contribution >= 0.6 is 0 Å². The summed E-state index contributed by atoms with van der Waals surface area (Å²) in [5, 5.41) is 3.52. The van der Waals surface area contributed by atoms with Gasteiger partial charge in [0.1, 0.15) is 5.82 Å². The highest BCUT2D eigenvalue weighted by Gasteiger charge is 2.17. The van der Waals surface area contributed by atoms with Crippen LogP contribution in [0.3, 0.4) is 0 Å². The molecule has 0 fully saturated rings. The van der Waals surface area contributed by atoms with E-state index in [-0.39, 0.29) is 17.4 Å². The van der Waals surface area contributed by atoms with Crippen molar-refractivity contribution in [2.45, 2.75) is 24.9 Å². The highest BCUT2D eigenvalue weighted by Crippen LogP contribution is 2.06. The Morgan fingerprint density at radius 1 is 1.47 bits per heavy atom. The van der Waals surface area contributed by atoms with Gasteiger partial charge < -0.3 is 9.51 Å². The van der Waals surface area contributed by atoms with E-state index in [0.717, 1.165) is 6.39 Å². The van der Waals surface area contributed by atoms with Crippen molar-refractivity contribution in [2.75, 3.05) is 0 Å². The monoisotopic (exact) mass is 257 g/mol. The Bertz CT molecular complexity index is 574. The average molecular weight is 257 g/mol. The fraction of sp³-hybridized carbons (Fsp3) is 0.375. The number of rotatable bonds is 5. The molecule has 0 saturated carbocycles. The zero-order valence-electron chi connectivity index (χ0n) is 9.04. The Labute approximate surface area is 97.5 Å². The van der Waals surface area contributed by atoms with Gasteiger partial charge in [-0.1, -0.05) is 12.1 Å². The Morgan fingerprint density at radius 3 is 2.88 bits per heavy atom. The summed E-state index contributed by atoms with van der Waals surface area (Å²) in [6, 6.07) is 0. The zero-order valence-corrected chi connectivity index (χ0v) is 9.86. The van der Waals surface area contributed by atoms with Crippen molar-refractivity contribution in [2.24, 2.45) is 0 Å². The number of hydrogen-bond donors (Lipinski definition) is 2. The fourth-order valence-electron chi connectivity index (χ4n) is 1.17. The van der Waals surface area contributed by atoms with Crippen molar-refractivity contribution < 1.29 is 12.9 Å². The smallest absolute Gasteiger partial charge is 0.258 e. The van der Waals surface area contributed by atoms with Crippen molar-refractivity contribution in [3.05, 3.63) is 24.2 Å². The summed E-state index contributed by atoms with van der Waals surface area (Å²) in [5.74, 6) is 0.883. The third-order valence-electron chi connectivity index (χ3n) is 2.06. The summed E-state index contributed by atoms with van der Waals surface area (Å²) in [7, 11) is -3.62. The molecule has 0 bridgehead atoms. The van der Waals surface area contributed by atoms with E-state index in [9.17, 15) is 8.42 Å². The topological polar surface area (TPSA) is 114 Å². The number of hydrogen-bond acceptors (Lipinski definition) is 6. The van der Waals surface area contributed by atoms with Crippen LogP contribution in [0.5, 0.6) is 0 Å². The van der Waals surface area contributed by atoms with Crippen LogP contribution in [0, 0.1) is 0 Å². The molecular formula is C8H11N5O3S. The fourth-order valence-corrected chi connectivity index (χ4v) is 2.09. The molecule has 8 nitrogen and oxygen atoms in total. The number of aromatic amines is 1. The van der Waals surface area contributed by atoms with Crippen LogP contribution in [0.2, 0.25) is 0 Å². The lowest BCUT2D eigenvalue weighted by atomic mass is 10.5. The van der Waals surface area contributed by atoms with Crippen LogP contribution in [0.1, 0.15) is 18.6 Å². The van der Waals surface area contributed by atoms with Gasteiger partial charge in [0.2, 0.25) is 6.39 Å². The van der Waals surface area contributed by atoms with Gasteiger partial charge in [0.05, 0.1) is 12.7 Å². The minimum absolute atomic E-state index is 0.0258. The number of aromatic nitrogens is 4. The first-order chi connectivity index (χ1) is 8.12. The van der Waals surface area contributed by atoms with Gasteiger partial charge in [-0.05, 0) is 0 Å². The summed E-state index contributed by atoms with van der Waals surface area (Å²) in [4.78, 5) is 10.3. The quantitative estimate of drug-likeness (QED) is 0.769. The van der Waals surface area contributed by atoms with Crippen molar-refractivity contribution >= 4 is 10.0 Å². The summed E-state index contributed by atoms with van der Waals surface area (Å²) >= 11 is 0. The summed E-state index contributed by atoms with van der Waals surface area (Å²) in [6.07, 6.45) is 3.05. The van der Waals surface area contributed by atoms with Gasteiger partial charge in [0, 0.05) is 6.42 Å². The molecule has 2 N–H and O–H groups in total. The van der Waals surface area contributed by atoms with Gasteiger partial charge in [-0.2, -0.15) is 4.98 Å². The molecule has 0 aliphatic rings. The van der Waals surface area contributed by atoms with Crippen LogP contribution in [-0.2, 0) is 23.0 Å². The molecule has 0 spiro atoms. The number of imidazole rings is 1. The molecule has 9 heteroatoms. The minimum Gasteiger partial charge on any atom is -0.343 e. The van der Waals surface area contributed by atoms with Crippen LogP contribution in [-0.4, -0.2) is 28.5 Å². The maximum atomic E-state index is 11.8. The first-order valence-corrected chi connectivity index (χ1v) is 6.39. The van der Waals surface area contributed by atoms with Crippen molar-refractivity contribution in [1.29, 1.82) is 0 Å². The van der Waals surface area contributed by atoms with Gasteiger partial charge in [-0.15, -0.1) is 0 Å². The Hall–Kier alpha value is -1.74. The summed E-state index contributed by atoms with van der Waals surface area (Å²) in [5.41, 5.74) is 0. The predicted molar refractivity (Wildman–Crippen MR) is 56.3 cm³/mol. The molecule has 0 aliphatic heterocycles. The number of sulfonamides is 1. The molecule has 0 unspecified atom stereocenters. The normalized spacial score (nSPS) is 11.8. The van der Waals surface area contributed by atoms with E-state index >= 15 is 0 Å². The van der Waals surface area contributed by atoms with Gasteiger partial charge >= 0.3 is 0 Å². The van der Waals surface area contributed by atoms with Gasteiger partial charge in [-0.25, -0.2) is 18.1 Å². The maximum absolute atomic E-state index is 11.8. The minimum atomic E-state index is -3.62. The number of H-pyrrole nitrogens is 1. The molecule has 17 heavy (non-hydrogen) atoms. The first-order valence-electron chi connectivity index (χ1n) is 4.90. The molecule has 0 saturated heterocycles. The lowest BCUT2D eigenvalue weighted by Gasteiger charge is -2.00. The molecule has 0 atom stereocenters. The second-order valence-electron chi connectivity index (χ2n) is 3.22. The number of nitrogens with zero attached hydrogens (tertiary/aromatic N) is 3. The lowest BCUT2D eigenvalue weighted by molar-refractivity contribution is 0.409. The number of nitrogens with one attached hydrogen (secondary N) is 2. The Balaban J connectivity index is 2.08. The molecule has 2 aromatic heterocycles. The third kappa shape index (κ3) is 2.68. The van der Waals surface area contributed by atoms with Gasteiger partial charge in [0.15, 0.2) is 10.9 Å². The Morgan fingerprint density at radius 2 is 2.29 bits per heavy atom. The van der Waals surface area contributed by atoms with E-state index in [2.05, 4.69) is 29.4 Å². The largest absolute Gasteiger partial charge is 0.343 e. The van der Waals surface area contributed by atoms with Crippen molar-refractivity contribution in [3.8, 4) is 0 Å². The van der Waals surface area contributed by atoms with E-state index in [1.54, 1.807) is 0 Å². The maximum Gasteiger partial charge on any atom is 0.258 e. The SMILES string of the molecule is CCc1ncc(S(=O)(=O)NCc2ncon2)[nH]1. The van der Waals surface area contributed by atoms with E-state index in [4.69, 9.17) is 0 Å². The van der Waals surface area contributed by atoms with Crippen LogP contribution in [0.25, 0.3) is 0 Å². The zero-order chi connectivity index (χ0) is 12.3. The molecule has 0 radical (unpaired) electrons. The van der Waals surface area contributed by atoms with Crippen molar-refractivity contribution in [3.63, 3.8) is 0 Å². The van der Waals surface area contributed by atoms with Crippen LogP contribution < -0.4 is 4.72 Å². The molecule has 92 valence electrons. The van der Waals surface area contributed by atoms with Gasteiger partial charge in [-0.3, -0.25) is 0 Å². The van der Waals surface area contributed by atoms with E-state index in [1.807, 2.05) is 6.92 Å². The molecular weight excluding hydrogens is 246 g/mol. The van der Waals surface area contributed by atoms with Gasteiger partial charge in [0.25, 0.3) is 10.0 Å². The van der Waals surface area contributed by atoms with Crippen molar-refractivity contribution in [1.82, 2.24) is 24.8 Å².